The van der Waals surface area contributed by atoms with E-state index >= 15 is 0 Å². The molecule has 0 saturated heterocycles. The van der Waals surface area contributed by atoms with Crippen molar-refractivity contribution in [2.24, 2.45) is 0 Å². The van der Waals surface area contributed by atoms with Gasteiger partial charge in [-0.05, 0) is 12.8 Å². The van der Waals surface area contributed by atoms with Crippen LogP contribution in [0, 0.1) is 0 Å². The predicted octanol–water partition coefficient (Wildman–Crippen LogP) is 0.0675. The molecule has 0 unspecified atom stereocenters. The fraction of sp³-hybridized carbons (Fsp3) is 0.667. The van der Waals surface area contributed by atoms with Gasteiger partial charge in [0, 0.05) is 12.8 Å². The van der Waals surface area contributed by atoms with Crippen molar-refractivity contribution in [1.82, 2.24) is 0 Å². The molecule has 0 fully saturated rings. The van der Waals surface area contributed by atoms with Crippen LogP contribution in [-0.2, 0) is 9.59 Å². The second-order valence-corrected chi connectivity index (χ2v) is 1.99. The summed E-state index contributed by atoms with van der Waals surface area (Å²) in [6.45, 7) is 0. The molecule has 0 aliphatic rings. The Morgan fingerprint density at radius 3 is 1.36 bits per heavy atom. The molecular formula is C6H11KO4. The Balaban J connectivity index is 0. The van der Waals surface area contributed by atoms with Crippen LogP contribution < -0.4 is 0 Å². The molecule has 0 amide bonds. The molecule has 5 heteroatoms. The molecular weight excluding hydrogens is 175 g/mol. The van der Waals surface area contributed by atoms with Gasteiger partial charge in [-0.1, -0.05) is 0 Å². The van der Waals surface area contributed by atoms with E-state index in [1.807, 2.05) is 0 Å². The topological polar surface area (TPSA) is 74.6 Å². The molecule has 0 rings (SSSR count). The third-order valence-corrected chi connectivity index (χ3v) is 1.03. The molecule has 2 N–H and O–H groups in total. The number of carboxylic acids is 2. The van der Waals surface area contributed by atoms with Gasteiger partial charge in [0.2, 0.25) is 0 Å². The SMILES string of the molecule is O=C(O)CCCCC(=O)O.[KH]. The molecule has 0 heterocycles. The van der Waals surface area contributed by atoms with Crippen molar-refractivity contribution in [2.75, 3.05) is 0 Å². The Hall–Kier alpha value is 0.576. The second kappa shape index (κ2) is 8.67. The van der Waals surface area contributed by atoms with Gasteiger partial charge in [0.05, 0.1) is 0 Å². The fourth-order valence-electron chi connectivity index (χ4n) is 0.552. The Morgan fingerprint density at radius 2 is 1.18 bits per heavy atom. The number of rotatable bonds is 5. The minimum atomic E-state index is -0.870. The average molecular weight is 186 g/mol. The van der Waals surface area contributed by atoms with E-state index in [9.17, 15) is 9.59 Å². The van der Waals surface area contributed by atoms with E-state index < -0.39 is 11.9 Å². The van der Waals surface area contributed by atoms with Crippen LogP contribution in [0.3, 0.4) is 0 Å². The molecule has 4 nitrogen and oxygen atoms in total. The summed E-state index contributed by atoms with van der Waals surface area (Å²) in [5.74, 6) is -1.74. The van der Waals surface area contributed by atoms with Gasteiger partial charge in [-0.15, -0.1) is 0 Å². The third kappa shape index (κ3) is 13.6. The Bertz CT molecular complexity index is 119. The second-order valence-electron chi connectivity index (χ2n) is 1.99. The minimum absolute atomic E-state index is 0. The fourth-order valence-corrected chi connectivity index (χ4v) is 0.552. The molecule has 0 atom stereocenters. The zero-order valence-electron chi connectivity index (χ0n) is 5.54. The maximum atomic E-state index is 9.90. The number of carbonyl (C=O) groups is 2. The summed E-state index contributed by atoms with van der Waals surface area (Å²) >= 11 is 0. The molecule has 0 aliphatic heterocycles. The first-order valence-corrected chi connectivity index (χ1v) is 3.06. The number of hydrogen-bond donors (Lipinski definition) is 2. The first-order valence-electron chi connectivity index (χ1n) is 3.06. The summed E-state index contributed by atoms with van der Waals surface area (Å²) in [5.41, 5.74) is 0. The van der Waals surface area contributed by atoms with E-state index in [1.54, 1.807) is 0 Å². The molecule has 0 spiro atoms. The normalized spacial score (nSPS) is 8.36. The van der Waals surface area contributed by atoms with E-state index in [0.717, 1.165) is 0 Å². The van der Waals surface area contributed by atoms with Crippen LogP contribution >= 0.6 is 0 Å². The van der Waals surface area contributed by atoms with Crippen molar-refractivity contribution >= 4 is 63.3 Å². The van der Waals surface area contributed by atoms with Gasteiger partial charge in [0.15, 0.2) is 0 Å². The monoisotopic (exact) mass is 186 g/mol. The van der Waals surface area contributed by atoms with Crippen LogP contribution in [0.1, 0.15) is 25.7 Å². The predicted molar refractivity (Wildman–Crippen MR) is 40.9 cm³/mol. The standard InChI is InChI=1S/C6H10O4.K.H/c7-5(8)3-1-2-4-6(9)10;;/h1-4H2,(H,7,8)(H,9,10);;. The number of hydrogen-bond acceptors (Lipinski definition) is 2. The summed E-state index contributed by atoms with van der Waals surface area (Å²) in [6, 6.07) is 0. The molecule has 11 heavy (non-hydrogen) atoms. The zero-order valence-corrected chi connectivity index (χ0v) is 5.54. The van der Waals surface area contributed by atoms with Gasteiger partial charge < -0.3 is 10.2 Å². The molecule has 0 aromatic rings. The molecule has 0 radical (unpaired) electrons. The molecule has 0 saturated carbocycles. The van der Waals surface area contributed by atoms with Crippen LogP contribution in [-0.4, -0.2) is 73.5 Å². The van der Waals surface area contributed by atoms with Gasteiger partial charge >= 0.3 is 63.3 Å². The van der Waals surface area contributed by atoms with Crippen molar-refractivity contribution in [3.8, 4) is 0 Å². The van der Waals surface area contributed by atoms with Crippen LogP contribution in [0.4, 0.5) is 0 Å². The quantitative estimate of drug-likeness (QED) is 0.470. The molecule has 0 aromatic carbocycles. The Morgan fingerprint density at radius 1 is 0.909 bits per heavy atom. The van der Waals surface area contributed by atoms with Gasteiger partial charge in [0.1, 0.15) is 0 Å². The van der Waals surface area contributed by atoms with Crippen LogP contribution in [0.2, 0.25) is 0 Å². The molecule has 0 aromatic heterocycles. The maximum absolute atomic E-state index is 9.90. The summed E-state index contributed by atoms with van der Waals surface area (Å²) in [6.07, 6.45) is 1.02. The first kappa shape index (κ1) is 14.1. The van der Waals surface area contributed by atoms with Crippen molar-refractivity contribution in [2.45, 2.75) is 25.7 Å². The summed E-state index contributed by atoms with van der Waals surface area (Å²) < 4.78 is 0. The number of unbranched alkanes of at least 4 members (excludes halogenated alkanes) is 1. The van der Waals surface area contributed by atoms with Crippen molar-refractivity contribution in [3.63, 3.8) is 0 Å². The number of aliphatic carboxylic acids is 2. The molecule has 0 bridgehead atoms. The van der Waals surface area contributed by atoms with Gasteiger partial charge in [0.25, 0.3) is 0 Å². The molecule has 60 valence electrons. The summed E-state index contributed by atoms with van der Waals surface area (Å²) in [4.78, 5) is 19.8. The van der Waals surface area contributed by atoms with Crippen molar-refractivity contribution < 1.29 is 19.8 Å². The van der Waals surface area contributed by atoms with E-state index in [0.29, 0.717) is 12.8 Å². The van der Waals surface area contributed by atoms with E-state index in [-0.39, 0.29) is 64.2 Å². The van der Waals surface area contributed by atoms with E-state index in [1.165, 1.54) is 0 Å². The first-order chi connectivity index (χ1) is 4.63. The summed E-state index contributed by atoms with van der Waals surface area (Å²) in [5, 5.41) is 16.3. The Labute approximate surface area is 107 Å². The van der Waals surface area contributed by atoms with Gasteiger partial charge in [-0.3, -0.25) is 9.59 Å². The van der Waals surface area contributed by atoms with Gasteiger partial charge in [-0.25, -0.2) is 0 Å². The van der Waals surface area contributed by atoms with E-state index in [2.05, 4.69) is 0 Å². The van der Waals surface area contributed by atoms with Crippen molar-refractivity contribution in [3.05, 3.63) is 0 Å². The average Bonchev–Trinajstić information content (AvgIpc) is 1.79. The van der Waals surface area contributed by atoms with Crippen LogP contribution in [0.5, 0.6) is 0 Å². The summed E-state index contributed by atoms with van der Waals surface area (Å²) in [7, 11) is 0. The zero-order chi connectivity index (χ0) is 7.98. The van der Waals surface area contributed by atoms with E-state index in [4.69, 9.17) is 10.2 Å². The van der Waals surface area contributed by atoms with Crippen LogP contribution in [0.15, 0.2) is 0 Å². The van der Waals surface area contributed by atoms with Gasteiger partial charge in [-0.2, -0.15) is 0 Å². The third-order valence-electron chi connectivity index (χ3n) is 1.03. The Kier molecular flexibility index (Phi) is 11.1. The number of carboxylic acid groups (broad SMARTS) is 2. The molecule has 0 aliphatic carbocycles. The van der Waals surface area contributed by atoms with Crippen LogP contribution in [0.25, 0.3) is 0 Å². The van der Waals surface area contributed by atoms with Crippen molar-refractivity contribution in [1.29, 1.82) is 0 Å².